The molecule has 0 saturated carbocycles. The average molecular weight is 376 g/mol. The molecular formula is C23H23N2OS+. The lowest BCUT2D eigenvalue weighted by molar-refractivity contribution is -0.692. The third kappa shape index (κ3) is 4.66. The van der Waals surface area contributed by atoms with Crippen molar-refractivity contribution in [2.45, 2.75) is 26.4 Å². The molecule has 4 heteroatoms. The van der Waals surface area contributed by atoms with Crippen molar-refractivity contribution < 1.29 is 9.36 Å². The molecule has 1 atom stereocenters. The van der Waals surface area contributed by atoms with E-state index in [1.54, 1.807) is 0 Å². The minimum absolute atomic E-state index is 0.0140. The third-order valence-electron chi connectivity index (χ3n) is 4.63. The third-order valence-corrected chi connectivity index (χ3v) is 5.00. The molecule has 0 radical (unpaired) electrons. The van der Waals surface area contributed by atoms with Gasteiger partial charge in [-0.2, -0.15) is 4.57 Å². The topological polar surface area (TPSA) is 33.0 Å². The van der Waals surface area contributed by atoms with E-state index in [0.717, 1.165) is 11.1 Å². The van der Waals surface area contributed by atoms with Gasteiger partial charge in [-0.05, 0) is 36.6 Å². The number of carbonyl (C=O) groups excluding carboxylic acids is 1. The molecule has 1 N–H and O–H groups in total. The summed E-state index contributed by atoms with van der Waals surface area (Å²) in [5, 5.41) is 3.26. The van der Waals surface area contributed by atoms with Gasteiger partial charge in [0.1, 0.15) is 0 Å². The first-order chi connectivity index (χ1) is 13.1. The fraction of sp³-hybridized carbons (Fsp3) is 0.174. The zero-order chi connectivity index (χ0) is 19.2. The predicted molar refractivity (Wildman–Crippen MR) is 112 cm³/mol. The fourth-order valence-electron chi connectivity index (χ4n) is 2.91. The van der Waals surface area contributed by atoms with Gasteiger partial charge in [-0.15, -0.1) is 0 Å². The molecule has 0 bridgehead atoms. The zero-order valence-electron chi connectivity index (χ0n) is 15.6. The van der Waals surface area contributed by atoms with Gasteiger partial charge >= 0.3 is 0 Å². The van der Waals surface area contributed by atoms with E-state index in [4.69, 9.17) is 12.2 Å². The molecule has 2 aromatic carbocycles. The van der Waals surface area contributed by atoms with E-state index in [9.17, 15) is 4.79 Å². The maximum Gasteiger partial charge on any atom is 0.270 e. The fourth-order valence-corrected chi connectivity index (χ4v) is 3.21. The summed E-state index contributed by atoms with van der Waals surface area (Å²) in [5.74, 6) is -0.0140. The molecule has 136 valence electrons. The van der Waals surface area contributed by atoms with Crippen LogP contribution in [-0.2, 0) is 6.54 Å². The van der Waals surface area contributed by atoms with Crippen LogP contribution in [-0.4, -0.2) is 10.8 Å². The van der Waals surface area contributed by atoms with Crippen LogP contribution in [0.25, 0.3) is 0 Å². The smallest absolute Gasteiger partial charge is 0.270 e. The Kier molecular flexibility index (Phi) is 6.09. The quantitative estimate of drug-likeness (QED) is 0.399. The molecule has 0 fully saturated rings. The number of hydrogen-bond donors (Lipinski definition) is 1. The number of aromatic nitrogens is 1. The number of aryl methyl sites for hydroxylation is 2. The monoisotopic (exact) mass is 375 g/mol. The van der Waals surface area contributed by atoms with Crippen LogP contribution in [0.1, 0.15) is 33.1 Å². The van der Waals surface area contributed by atoms with Crippen LogP contribution < -0.4 is 9.88 Å². The van der Waals surface area contributed by atoms with Gasteiger partial charge in [-0.3, -0.25) is 4.79 Å². The van der Waals surface area contributed by atoms with Crippen molar-refractivity contribution in [1.29, 1.82) is 0 Å². The summed E-state index contributed by atoms with van der Waals surface area (Å²) >= 11 is 5.64. The molecule has 3 nitrogen and oxygen atoms in total. The Hall–Kier alpha value is -2.85. The number of Topliss-reactive ketones (excluding diaryl/α,β-unsaturated/α-hetero) is 1. The molecule has 27 heavy (non-hydrogen) atoms. The van der Waals surface area contributed by atoms with Crippen molar-refractivity contribution in [3.63, 3.8) is 0 Å². The van der Waals surface area contributed by atoms with Crippen LogP contribution in [0, 0.1) is 13.8 Å². The van der Waals surface area contributed by atoms with E-state index in [0.29, 0.717) is 17.1 Å². The summed E-state index contributed by atoms with van der Waals surface area (Å²) in [4.78, 5) is 13.8. The Balaban J connectivity index is 1.87. The first-order valence-electron chi connectivity index (χ1n) is 8.95. The molecular weight excluding hydrogens is 352 g/mol. The largest absolute Gasteiger partial charge is 0.370 e. The number of carbonyl (C=O) groups is 1. The molecule has 1 heterocycles. The van der Waals surface area contributed by atoms with Crippen LogP contribution in [0.5, 0.6) is 0 Å². The Morgan fingerprint density at radius 1 is 0.963 bits per heavy atom. The van der Waals surface area contributed by atoms with Gasteiger partial charge in [0.25, 0.3) is 6.04 Å². The average Bonchev–Trinajstić information content (AvgIpc) is 2.70. The Morgan fingerprint density at radius 2 is 1.63 bits per heavy atom. The van der Waals surface area contributed by atoms with Gasteiger partial charge in [0.2, 0.25) is 5.78 Å². The zero-order valence-corrected chi connectivity index (χ0v) is 16.4. The minimum Gasteiger partial charge on any atom is -0.370 e. The Bertz CT molecular complexity index is 939. The number of benzene rings is 2. The molecule has 0 aliphatic carbocycles. The SMILES string of the molecule is Cc1ccc(C(=O)[C@H](C(=S)NCc2ccccc2)[n+]2ccccc2)cc1C. The maximum absolute atomic E-state index is 13.3. The second kappa shape index (κ2) is 8.69. The molecule has 0 spiro atoms. The van der Waals surface area contributed by atoms with Crippen molar-refractivity contribution >= 4 is 23.0 Å². The summed E-state index contributed by atoms with van der Waals surface area (Å²) in [6, 6.07) is 21.0. The number of pyridine rings is 1. The van der Waals surface area contributed by atoms with Gasteiger partial charge in [-0.25, -0.2) is 0 Å². The number of hydrogen-bond acceptors (Lipinski definition) is 2. The number of rotatable bonds is 6. The summed E-state index contributed by atoms with van der Waals surface area (Å²) < 4.78 is 1.86. The van der Waals surface area contributed by atoms with Crippen molar-refractivity contribution in [2.24, 2.45) is 0 Å². The molecule has 0 amide bonds. The van der Waals surface area contributed by atoms with Crippen LogP contribution >= 0.6 is 12.2 Å². The normalized spacial score (nSPS) is 11.6. The van der Waals surface area contributed by atoms with Gasteiger partial charge in [0.15, 0.2) is 17.4 Å². The van der Waals surface area contributed by atoms with Crippen molar-refractivity contribution in [3.8, 4) is 0 Å². The highest BCUT2D eigenvalue weighted by atomic mass is 32.1. The standard InChI is InChI=1S/C23H22N2OS/c1-17-11-12-20(15-18(17)2)22(26)21(25-13-7-4-8-14-25)23(27)24-16-19-9-5-3-6-10-19/h3-15,21H,16H2,1-2H3/p+1/t21-/m1/s1. The first kappa shape index (κ1) is 18.9. The lowest BCUT2D eigenvalue weighted by Gasteiger charge is -2.15. The van der Waals surface area contributed by atoms with Crippen LogP contribution in [0.15, 0.2) is 79.1 Å². The van der Waals surface area contributed by atoms with Gasteiger partial charge in [0.05, 0.1) is 0 Å². The van der Waals surface area contributed by atoms with E-state index in [1.807, 2.05) is 97.5 Å². The number of nitrogens with one attached hydrogen (secondary N) is 1. The molecule has 3 rings (SSSR count). The lowest BCUT2D eigenvalue weighted by atomic mass is 9.99. The van der Waals surface area contributed by atoms with Crippen LogP contribution in [0.2, 0.25) is 0 Å². The van der Waals surface area contributed by atoms with Crippen molar-refractivity contribution in [1.82, 2.24) is 5.32 Å². The number of thiocarbonyl (C=S) groups is 1. The summed E-state index contributed by atoms with van der Waals surface area (Å²) in [6.07, 6.45) is 3.75. The molecule has 0 saturated heterocycles. The van der Waals surface area contributed by atoms with E-state index >= 15 is 0 Å². The minimum atomic E-state index is -0.577. The molecule has 3 aromatic rings. The first-order valence-corrected chi connectivity index (χ1v) is 9.36. The molecule has 0 aliphatic rings. The highest BCUT2D eigenvalue weighted by Gasteiger charge is 2.33. The lowest BCUT2D eigenvalue weighted by Crippen LogP contribution is -2.51. The van der Waals surface area contributed by atoms with Crippen LogP contribution in [0.3, 0.4) is 0 Å². The summed E-state index contributed by atoms with van der Waals surface area (Å²) in [5.41, 5.74) is 4.06. The number of ketones is 1. The van der Waals surface area contributed by atoms with Crippen LogP contribution in [0.4, 0.5) is 0 Å². The Labute approximate surface area is 165 Å². The molecule has 0 unspecified atom stereocenters. The summed E-state index contributed by atoms with van der Waals surface area (Å²) in [6.45, 7) is 4.64. The second-order valence-electron chi connectivity index (χ2n) is 6.59. The van der Waals surface area contributed by atoms with Gasteiger partial charge < -0.3 is 5.32 Å². The van der Waals surface area contributed by atoms with E-state index in [2.05, 4.69) is 5.32 Å². The van der Waals surface area contributed by atoms with Gasteiger partial charge in [0, 0.05) is 24.2 Å². The van der Waals surface area contributed by atoms with Crippen molar-refractivity contribution in [2.75, 3.05) is 0 Å². The van der Waals surface area contributed by atoms with E-state index in [1.165, 1.54) is 5.56 Å². The highest BCUT2D eigenvalue weighted by molar-refractivity contribution is 7.80. The molecule has 0 aliphatic heterocycles. The number of nitrogens with zero attached hydrogens (tertiary/aromatic N) is 1. The summed E-state index contributed by atoms with van der Waals surface area (Å²) in [7, 11) is 0. The Morgan fingerprint density at radius 3 is 2.30 bits per heavy atom. The maximum atomic E-state index is 13.3. The molecule has 1 aromatic heterocycles. The van der Waals surface area contributed by atoms with E-state index in [-0.39, 0.29) is 5.78 Å². The van der Waals surface area contributed by atoms with Crippen molar-refractivity contribution in [3.05, 3.63) is 101 Å². The second-order valence-corrected chi connectivity index (χ2v) is 7.03. The van der Waals surface area contributed by atoms with Gasteiger partial charge in [-0.1, -0.05) is 60.7 Å². The van der Waals surface area contributed by atoms with E-state index < -0.39 is 6.04 Å². The highest BCUT2D eigenvalue weighted by Crippen LogP contribution is 2.15. The predicted octanol–water partition coefficient (Wildman–Crippen LogP) is 4.13.